The number of benzene rings is 1. The van der Waals surface area contributed by atoms with Crippen molar-refractivity contribution in [3.63, 3.8) is 0 Å². The Morgan fingerprint density at radius 1 is 1.23 bits per heavy atom. The molecule has 7 heteroatoms. The van der Waals surface area contributed by atoms with E-state index in [1.54, 1.807) is 4.68 Å². The number of nitrogens with zero attached hydrogens (tertiary/aromatic N) is 5. The largest absolute Gasteiger partial charge is 0.348 e. The molecule has 1 atom stereocenters. The smallest absolute Gasteiger partial charge is 0.248 e. The lowest BCUT2D eigenvalue weighted by Gasteiger charge is -2.16. The van der Waals surface area contributed by atoms with Crippen LogP contribution in [0.25, 0.3) is 5.69 Å². The molecule has 1 saturated heterocycles. The van der Waals surface area contributed by atoms with Crippen LogP contribution in [-0.4, -0.2) is 49.6 Å². The van der Waals surface area contributed by atoms with Crippen molar-refractivity contribution in [1.29, 1.82) is 0 Å². The second-order valence-electron chi connectivity index (χ2n) is 6.07. The van der Waals surface area contributed by atoms with Gasteiger partial charge in [0.2, 0.25) is 11.9 Å². The number of amides is 1. The van der Waals surface area contributed by atoms with Crippen LogP contribution in [0.5, 0.6) is 0 Å². The number of hydrogen-bond donors (Lipinski definition) is 1. The lowest BCUT2D eigenvalue weighted by atomic mass is 10.2. The van der Waals surface area contributed by atoms with Crippen molar-refractivity contribution in [2.75, 3.05) is 11.9 Å². The number of nitrogens with one attached hydrogen (secondary N) is 1. The van der Waals surface area contributed by atoms with E-state index >= 15 is 0 Å². The number of aromatic nitrogens is 4. The van der Waals surface area contributed by atoms with Gasteiger partial charge in [-0.2, -0.15) is 4.68 Å². The molecule has 1 unspecified atom stereocenters. The van der Waals surface area contributed by atoms with Crippen molar-refractivity contribution in [1.82, 2.24) is 25.1 Å². The number of aryl methyl sites for hydroxylation is 1. The Bertz CT molecular complexity index is 690. The predicted octanol–water partition coefficient (Wildman–Crippen LogP) is 1.15. The summed E-state index contributed by atoms with van der Waals surface area (Å²) >= 11 is 0. The number of hydrogen-bond acceptors (Lipinski definition) is 5. The van der Waals surface area contributed by atoms with Gasteiger partial charge in [-0.15, -0.1) is 0 Å². The van der Waals surface area contributed by atoms with Gasteiger partial charge < -0.3 is 10.2 Å². The molecule has 114 valence electrons. The molecular weight excluding hydrogens is 280 g/mol. The lowest BCUT2D eigenvalue weighted by Crippen LogP contribution is -2.30. The van der Waals surface area contributed by atoms with Gasteiger partial charge in [0, 0.05) is 19.0 Å². The molecule has 2 fully saturated rings. The molecule has 2 aliphatic rings. The minimum absolute atomic E-state index is 0.0725. The molecule has 1 N–H and O–H groups in total. The number of anilines is 1. The Morgan fingerprint density at radius 2 is 2.00 bits per heavy atom. The van der Waals surface area contributed by atoms with Crippen molar-refractivity contribution in [2.45, 2.75) is 38.3 Å². The van der Waals surface area contributed by atoms with Gasteiger partial charge in [-0.25, -0.2) is 0 Å². The van der Waals surface area contributed by atoms with E-state index < -0.39 is 0 Å². The fraction of sp³-hybridized carbons (Fsp3) is 0.467. The van der Waals surface area contributed by atoms with Gasteiger partial charge in [0.05, 0.1) is 11.7 Å². The van der Waals surface area contributed by atoms with Crippen LogP contribution in [-0.2, 0) is 4.79 Å². The van der Waals surface area contributed by atoms with Crippen LogP contribution >= 0.6 is 0 Å². The first-order valence-electron chi connectivity index (χ1n) is 7.62. The van der Waals surface area contributed by atoms with E-state index in [9.17, 15) is 4.79 Å². The first-order valence-corrected chi connectivity index (χ1v) is 7.62. The van der Waals surface area contributed by atoms with Crippen molar-refractivity contribution in [2.24, 2.45) is 0 Å². The minimum atomic E-state index is 0.0725. The van der Waals surface area contributed by atoms with Crippen LogP contribution in [0.2, 0.25) is 0 Å². The SMILES string of the molecule is Cc1ccc(-n2nnnc2NC2CC(=O)N(C3CC3)C2)cc1. The highest BCUT2D eigenvalue weighted by atomic mass is 16.2. The van der Waals surface area contributed by atoms with Crippen LogP contribution in [0.15, 0.2) is 24.3 Å². The van der Waals surface area contributed by atoms with Crippen LogP contribution in [0, 0.1) is 6.92 Å². The van der Waals surface area contributed by atoms with Gasteiger partial charge in [-0.05, 0) is 42.3 Å². The van der Waals surface area contributed by atoms with Gasteiger partial charge in [0.1, 0.15) is 0 Å². The maximum Gasteiger partial charge on any atom is 0.248 e. The number of carbonyl (C=O) groups excluding carboxylic acids is 1. The van der Waals surface area contributed by atoms with E-state index in [4.69, 9.17) is 0 Å². The molecule has 1 amide bonds. The molecule has 1 aromatic heterocycles. The maximum atomic E-state index is 12.0. The number of rotatable bonds is 4. The molecule has 1 aromatic carbocycles. The summed E-state index contributed by atoms with van der Waals surface area (Å²) in [7, 11) is 0. The van der Waals surface area contributed by atoms with Crippen LogP contribution < -0.4 is 5.32 Å². The van der Waals surface area contributed by atoms with Crippen LogP contribution in [0.3, 0.4) is 0 Å². The Kier molecular flexibility index (Phi) is 3.06. The van der Waals surface area contributed by atoms with Crippen molar-refractivity contribution >= 4 is 11.9 Å². The molecule has 0 radical (unpaired) electrons. The van der Waals surface area contributed by atoms with Gasteiger partial charge in [0.25, 0.3) is 0 Å². The van der Waals surface area contributed by atoms with Gasteiger partial charge in [0.15, 0.2) is 0 Å². The van der Waals surface area contributed by atoms with E-state index in [0.717, 1.165) is 25.1 Å². The summed E-state index contributed by atoms with van der Waals surface area (Å²) in [6, 6.07) is 8.54. The Balaban J connectivity index is 1.51. The molecule has 4 rings (SSSR count). The average molecular weight is 298 g/mol. The zero-order valence-corrected chi connectivity index (χ0v) is 12.4. The first kappa shape index (κ1) is 13.2. The molecule has 0 spiro atoms. The number of likely N-dealkylation sites (tertiary alicyclic amines) is 1. The Morgan fingerprint density at radius 3 is 2.73 bits per heavy atom. The standard InChI is InChI=1S/C15H18N6O/c1-10-2-4-13(5-3-10)21-15(17-18-19-21)16-11-8-14(22)20(9-11)12-6-7-12/h2-5,11-12H,6-9H2,1H3,(H,16,17,19). The minimum Gasteiger partial charge on any atom is -0.348 e. The molecule has 7 nitrogen and oxygen atoms in total. The highest BCUT2D eigenvalue weighted by molar-refractivity contribution is 5.80. The highest BCUT2D eigenvalue weighted by Crippen LogP contribution is 2.31. The van der Waals surface area contributed by atoms with Gasteiger partial charge >= 0.3 is 0 Å². The fourth-order valence-corrected chi connectivity index (χ4v) is 2.89. The van der Waals surface area contributed by atoms with Gasteiger partial charge in [-0.1, -0.05) is 22.8 Å². The monoisotopic (exact) mass is 298 g/mol. The molecular formula is C15H18N6O. The van der Waals surface area contributed by atoms with Crippen molar-refractivity contribution in [3.05, 3.63) is 29.8 Å². The Labute approximate surface area is 128 Å². The lowest BCUT2D eigenvalue weighted by molar-refractivity contribution is -0.128. The summed E-state index contributed by atoms with van der Waals surface area (Å²) in [6.07, 6.45) is 2.79. The topological polar surface area (TPSA) is 75.9 Å². The second-order valence-corrected chi connectivity index (χ2v) is 6.07. The van der Waals surface area contributed by atoms with E-state index in [1.807, 2.05) is 36.1 Å². The third-order valence-electron chi connectivity index (χ3n) is 4.23. The second kappa shape index (κ2) is 5.08. The molecule has 2 aromatic rings. The molecule has 1 aliphatic carbocycles. The third-order valence-corrected chi connectivity index (χ3v) is 4.23. The fourth-order valence-electron chi connectivity index (χ4n) is 2.89. The zero-order valence-electron chi connectivity index (χ0n) is 12.4. The molecule has 0 bridgehead atoms. The van der Waals surface area contributed by atoms with Crippen LogP contribution in [0.4, 0.5) is 5.95 Å². The number of carbonyl (C=O) groups is 1. The van der Waals surface area contributed by atoms with E-state index in [0.29, 0.717) is 18.4 Å². The van der Waals surface area contributed by atoms with E-state index in [2.05, 4.69) is 20.8 Å². The number of tetrazole rings is 1. The summed E-state index contributed by atoms with van der Waals surface area (Å²) in [6.45, 7) is 2.78. The van der Waals surface area contributed by atoms with Crippen molar-refractivity contribution in [3.8, 4) is 5.69 Å². The molecule has 2 heterocycles. The molecule has 1 aliphatic heterocycles. The summed E-state index contributed by atoms with van der Waals surface area (Å²) in [5, 5.41) is 15.1. The van der Waals surface area contributed by atoms with E-state index in [-0.39, 0.29) is 11.9 Å². The Hall–Kier alpha value is -2.44. The van der Waals surface area contributed by atoms with Crippen molar-refractivity contribution < 1.29 is 4.79 Å². The highest BCUT2D eigenvalue weighted by Gasteiger charge is 2.39. The first-order chi connectivity index (χ1) is 10.7. The summed E-state index contributed by atoms with van der Waals surface area (Å²) in [5.74, 6) is 0.814. The van der Waals surface area contributed by atoms with Crippen LogP contribution in [0.1, 0.15) is 24.8 Å². The zero-order chi connectivity index (χ0) is 15.1. The quantitative estimate of drug-likeness (QED) is 0.916. The average Bonchev–Trinajstić information content (AvgIpc) is 3.14. The molecule has 1 saturated carbocycles. The van der Waals surface area contributed by atoms with Gasteiger partial charge in [-0.3, -0.25) is 4.79 Å². The third kappa shape index (κ3) is 2.43. The maximum absolute atomic E-state index is 12.0. The summed E-state index contributed by atoms with van der Waals surface area (Å²) in [5.41, 5.74) is 2.09. The summed E-state index contributed by atoms with van der Waals surface area (Å²) < 4.78 is 1.67. The molecule has 22 heavy (non-hydrogen) atoms. The van der Waals surface area contributed by atoms with E-state index in [1.165, 1.54) is 5.56 Å². The predicted molar refractivity (Wildman–Crippen MR) is 80.7 cm³/mol. The normalized spacial score (nSPS) is 21.4. The summed E-state index contributed by atoms with van der Waals surface area (Å²) in [4.78, 5) is 14.0.